The first-order chi connectivity index (χ1) is 8.13. The van der Waals surface area contributed by atoms with Gasteiger partial charge in [-0.25, -0.2) is 0 Å². The molecule has 0 saturated heterocycles. The van der Waals surface area contributed by atoms with Gasteiger partial charge in [-0.15, -0.1) is 0 Å². The number of nitrogens with one attached hydrogen (secondary N) is 1. The molecule has 2 rings (SSSR count). The van der Waals surface area contributed by atoms with Crippen LogP contribution in [0.15, 0.2) is 18.2 Å². The van der Waals surface area contributed by atoms with E-state index >= 15 is 0 Å². The molecule has 1 aromatic carbocycles. The van der Waals surface area contributed by atoms with Crippen molar-refractivity contribution in [3.05, 3.63) is 34.9 Å². The minimum Gasteiger partial charge on any atom is -0.480 e. The van der Waals surface area contributed by atoms with Crippen molar-refractivity contribution >= 4 is 5.97 Å². The van der Waals surface area contributed by atoms with Gasteiger partial charge in [0.05, 0.1) is 6.04 Å². The van der Waals surface area contributed by atoms with Gasteiger partial charge in [-0.3, -0.25) is 4.79 Å². The number of benzene rings is 1. The fraction of sp³-hybridized carbons (Fsp3) is 0.462. The highest BCUT2D eigenvalue weighted by Gasteiger charge is 2.25. The third-order valence-corrected chi connectivity index (χ3v) is 3.44. The number of nitrogens with two attached hydrogens (primary N) is 1. The number of aryl methyl sites for hydroxylation is 2. The molecule has 0 bridgehead atoms. The van der Waals surface area contributed by atoms with Gasteiger partial charge in [0, 0.05) is 0 Å². The Morgan fingerprint density at radius 2 is 2.12 bits per heavy atom. The third kappa shape index (κ3) is 2.33. The minimum absolute atomic E-state index is 0.511. The average Bonchev–Trinajstić information content (AvgIpc) is 2.75. The summed E-state index contributed by atoms with van der Waals surface area (Å²) < 4.78 is 0. The van der Waals surface area contributed by atoms with Gasteiger partial charge in [-0.05, 0) is 43.0 Å². The predicted octanol–water partition coefficient (Wildman–Crippen LogP) is 0.848. The molecule has 2 unspecified atom stereocenters. The molecule has 0 aromatic heterocycles. The Morgan fingerprint density at radius 3 is 2.76 bits per heavy atom. The first-order valence-electron chi connectivity index (χ1n) is 5.91. The van der Waals surface area contributed by atoms with Crippen molar-refractivity contribution < 1.29 is 9.90 Å². The van der Waals surface area contributed by atoms with Crippen LogP contribution in [0, 0.1) is 0 Å². The number of likely N-dealkylation sites (N-methyl/N-ethyl adjacent to an activating group) is 1. The molecule has 0 saturated carbocycles. The summed E-state index contributed by atoms with van der Waals surface area (Å²) in [5.41, 5.74) is 9.59. The minimum atomic E-state index is -0.916. The van der Waals surface area contributed by atoms with E-state index in [0.717, 1.165) is 18.4 Å². The lowest BCUT2D eigenvalue weighted by Crippen LogP contribution is -2.43. The summed E-state index contributed by atoms with van der Waals surface area (Å²) >= 11 is 0. The highest BCUT2D eigenvalue weighted by atomic mass is 16.4. The monoisotopic (exact) mass is 234 g/mol. The smallest absolute Gasteiger partial charge is 0.322 e. The molecule has 2 atom stereocenters. The first kappa shape index (κ1) is 12.1. The van der Waals surface area contributed by atoms with E-state index in [1.807, 2.05) is 6.07 Å². The molecule has 0 heterocycles. The van der Waals surface area contributed by atoms with E-state index in [2.05, 4.69) is 17.4 Å². The maximum atomic E-state index is 11.0. The van der Waals surface area contributed by atoms with Crippen LogP contribution in [0.1, 0.15) is 29.2 Å². The van der Waals surface area contributed by atoms with E-state index in [4.69, 9.17) is 10.8 Å². The van der Waals surface area contributed by atoms with Crippen LogP contribution in [0.4, 0.5) is 0 Å². The van der Waals surface area contributed by atoms with E-state index in [1.54, 1.807) is 7.05 Å². The van der Waals surface area contributed by atoms with Gasteiger partial charge in [-0.1, -0.05) is 18.2 Å². The van der Waals surface area contributed by atoms with Crippen molar-refractivity contribution in [2.45, 2.75) is 31.3 Å². The second-order valence-electron chi connectivity index (χ2n) is 4.51. The second kappa shape index (κ2) is 4.85. The highest BCUT2D eigenvalue weighted by molar-refractivity contribution is 5.74. The first-order valence-corrected chi connectivity index (χ1v) is 5.91. The van der Waals surface area contributed by atoms with Gasteiger partial charge >= 0.3 is 5.97 Å². The Labute approximate surface area is 101 Å². The topological polar surface area (TPSA) is 75.3 Å². The Hall–Kier alpha value is -1.39. The maximum Gasteiger partial charge on any atom is 0.322 e. The standard InChI is InChI=1S/C13H18N2O2/c1-15-12(13(16)17)11(14)10-6-5-8-3-2-4-9(8)7-10/h5-7,11-12,15H,2-4,14H2,1H3,(H,16,17). The van der Waals surface area contributed by atoms with Crippen LogP contribution in [-0.2, 0) is 17.6 Å². The van der Waals surface area contributed by atoms with Crippen molar-refractivity contribution in [1.82, 2.24) is 5.32 Å². The van der Waals surface area contributed by atoms with Crippen LogP contribution in [0.3, 0.4) is 0 Å². The number of hydrogen-bond donors (Lipinski definition) is 3. The maximum absolute atomic E-state index is 11.0. The Morgan fingerprint density at radius 1 is 1.41 bits per heavy atom. The molecule has 1 aromatic rings. The number of fused-ring (bicyclic) bond motifs is 1. The number of rotatable bonds is 4. The van der Waals surface area contributed by atoms with Gasteiger partial charge < -0.3 is 16.2 Å². The fourth-order valence-corrected chi connectivity index (χ4v) is 2.45. The third-order valence-electron chi connectivity index (χ3n) is 3.44. The molecular weight excluding hydrogens is 216 g/mol. The molecular formula is C13H18N2O2. The van der Waals surface area contributed by atoms with Gasteiger partial charge in [0.15, 0.2) is 0 Å². The van der Waals surface area contributed by atoms with Crippen molar-refractivity contribution in [3.63, 3.8) is 0 Å². The van der Waals surface area contributed by atoms with Crippen molar-refractivity contribution in [2.24, 2.45) is 5.73 Å². The molecule has 0 amide bonds. The molecule has 92 valence electrons. The second-order valence-corrected chi connectivity index (χ2v) is 4.51. The molecule has 4 heteroatoms. The fourth-order valence-electron chi connectivity index (χ4n) is 2.45. The molecule has 4 nitrogen and oxygen atoms in total. The van der Waals surface area contributed by atoms with Crippen molar-refractivity contribution in [1.29, 1.82) is 0 Å². The summed E-state index contributed by atoms with van der Waals surface area (Å²) in [6.07, 6.45) is 3.38. The number of carboxylic acids is 1. The molecule has 0 aliphatic heterocycles. The number of aliphatic carboxylic acids is 1. The van der Waals surface area contributed by atoms with Crippen LogP contribution < -0.4 is 11.1 Å². The van der Waals surface area contributed by atoms with Crippen LogP contribution in [0.5, 0.6) is 0 Å². The molecule has 0 radical (unpaired) electrons. The molecule has 0 spiro atoms. The van der Waals surface area contributed by atoms with Gasteiger partial charge in [0.25, 0.3) is 0 Å². The summed E-state index contributed by atoms with van der Waals surface area (Å²) in [6, 6.07) is 4.83. The summed E-state index contributed by atoms with van der Waals surface area (Å²) in [7, 11) is 1.62. The van der Waals surface area contributed by atoms with Crippen LogP contribution in [0.25, 0.3) is 0 Å². The van der Waals surface area contributed by atoms with Gasteiger partial charge in [0.1, 0.15) is 6.04 Å². The zero-order valence-electron chi connectivity index (χ0n) is 9.94. The summed E-state index contributed by atoms with van der Waals surface area (Å²) in [6.45, 7) is 0. The Balaban J connectivity index is 2.24. The highest BCUT2D eigenvalue weighted by Crippen LogP contribution is 2.25. The lowest BCUT2D eigenvalue weighted by atomic mass is 9.97. The Bertz CT molecular complexity index is 431. The van der Waals surface area contributed by atoms with Crippen molar-refractivity contribution in [2.75, 3.05) is 7.05 Å². The van der Waals surface area contributed by atoms with Crippen LogP contribution in [-0.4, -0.2) is 24.2 Å². The average molecular weight is 234 g/mol. The lowest BCUT2D eigenvalue weighted by Gasteiger charge is -2.20. The molecule has 0 fully saturated rings. The van der Waals surface area contributed by atoms with E-state index in [9.17, 15) is 4.79 Å². The molecule has 1 aliphatic rings. The lowest BCUT2D eigenvalue weighted by molar-refractivity contribution is -0.139. The van der Waals surface area contributed by atoms with Crippen LogP contribution in [0.2, 0.25) is 0 Å². The molecule has 4 N–H and O–H groups in total. The quantitative estimate of drug-likeness (QED) is 0.722. The van der Waals surface area contributed by atoms with Crippen LogP contribution >= 0.6 is 0 Å². The summed E-state index contributed by atoms with van der Waals surface area (Å²) in [5.74, 6) is -0.916. The molecule has 1 aliphatic carbocycles. The number of carbonyl (C=O) groups is 1. The summed E-state index contributed by atoms with van der Waals surface area (Å²) in [4.78, 5) is 11.0. The van der Waals surface area contributed by atoms with E-state index in [1.165, 1.54) is 17.5 Å². The van der Waals surface area contributed by atoms with E-state index in [0.29, 0.717) is 0 Å². The Kier molecular flexibility index (Phi) is 3.45. The number of hydrogen-bond acceptors (Lipinski definition) is 3. The van der Waals surface area contributed by atoms with Gasteiger partial charge in [-0.2, -0.15) is 0 Å². The molecule has 17 heavy (non-hydrogen) atoms. The normalized spacial score (nSPS) is 17.5. The zero-order chi connectivity index (χ0) is 12.4. The number of carboxylic acid groups (broad SMARTS) is 1. The largest absolute Gasteiger partial charge is 0.480 e. The summed E-state index contributed by atoms with van der Waals surface area (Å²) in [5, 5.41) is 11.8. The van der Waals surface area contributed by atoms with Crippen molar-refractivity contribution in [3.8, 4) is 0 Å². The van der Waals surface area contributed by atoms with Gasteiger partial charge in [0.2, 0.25) is 0 Å². The SMILES string of the molecule is CNC(C(=O)O)C(N)c1ccc2c(c1)CCC2. The van der Waals surface area contributed by atoms with E-state index in [-0.39, 0.29) is 0 Å². The predicted molar refractivity (Wildman–Crippen MR) is 65.9 cm³/mol. The van der Waals surface area contributed by atoms with E-state index < -0.39 is 18.1 Å². The zero-order valence-corrected chi connectivity index (χ0v) is 9.94.